The molecule has 2 rings (SSSR count). The van der Waals surface area contributed by atoms with Gasteiger partial charge in [-0.2, -0.15) is 5.10 Å². The van der Waals surface area contributed by atoms with Crippen molar-refractivity contribution in [3.63, 3.8) is 0 Å². The third-order valence-corrected chi connectivity index (χ3v) is 3.78. The van der Waals surface area contributed by atoms with Crippen LogP contribution in [-0.2, 0) is 4.79 Å². The summed E-state index contributed by atoms with van der Waals surface area (Å²) in [6.07, 6.45) is 2.56. The molecule has 1 atom stereocenters. The molecule has 0 fully saturated rings. The second-order valence-electron chi connectivity index (χ2n) is 6.20. The highest BCUT2D eigenvalue weighted by molar-refractivity contribution is 6.00. The molecule has 2 aromatic rings. The summed E-state index contributed by atoms with van der Waals surface area (Å²) in [5, 5.41) is 10.6. The summed E-state index contributed by atoms with van der Waals surface area (Å²) in [4.78, 5) is 28.9. The van der Waals surface area contributed by atoms with Gasteiger partial charge in [0.25, 0.3) is 5.91 Å². The lowest BCUT2D eigenvalue weighted by Crippen LogP contribution is -2.45. The minimum Gasteiger partial charge on any atom is -0.354 e. The van der Waals surface area contributed by atoms with Gasteiger partial charge in [0.05, 0.1) is 17.5 Å². The quantitative estimate of drug-likeness (QED) is 0.847. The Morgan fingerprint density at radius 3 is 2.62 bits per heavy atom. The number of nitrogens with one attached hydrogen (secondary N) is 2. The Morgan fingerprint density at radius 2 is 2.00 bits per heavy atom. The molecule has 0 unspecified atom stereocenters. The Labute approximate surface area is 141 Å². The molecule has 2 heterocycles. The molecule has 0 bridgehead atoms. The Hall–Kier alpha value is -2.44. The number of hydrogen-bond acceptors (Lipinski definition) is 4. The number of carbonyl (C=O) groups is 2. The second-order valence-corrected chi connectivity index (χ2v) is 6.20. The lowest BCUT2D eigenvalue weighted by molar-refractivity contribution is -0.122. The van der Waals surface area contributed by atoms with E-state index >= 15 is 0 Å². The largest absolute Gasteiger partial charge is 0.354 e. The minimum absolute atomic E-state index is 0.190. The number of pyridine rings is 1. The zero-order valence-electron chi connectivity index (χ0n) is 14.9. The molecule has 0 aromatic carbocycles. The van der Waals surface area contributed by atoms with Crippen molar-refractivity contribution in [3.8, 4) is 0 Å². The molecular weight excluding hydrogens is 306 g/mol. The lowest BCUT2D eigenvalue weighted by atomic mass is 10.1. The predicted molar refractivity (Wildman–Crippen MR) is 92.9 cm³/mol. The maximum Gasteiger partial charge on any atom is 0.253 e. The Bertz CT molecular complexity index is 751. The molecule has 0 radical (unpaired) electrons. The van der Waals surface area contributed by atoms with Gasteiger partial charge in [0.2, 0.25) is 5.91 Å². The fourth-order valence-corrected chi connectivity index (χ4v) is 2.41. The monoisotopic (exact) mass is 331 g/mol. The maximum atomic E-state index is 12.5. The summed E-state index contributed by atoms with van der Waals surface area (Å²) in [6.45, 7) is 10.1. The van der Waals surface area contributed by atoms with Crippen LogP contribution in [0.2, 0.25) is 0 Å². The molecule has 2 N–H and O–H groups in total. The third-order valence-electron chi connectivity index (χ3n) is 3.78. The van der Waals surface area contributed by atoms with E-state index in [4.69, 9.17) is 0 Å². The van der Waals surface area contributed by atoms with Crippen molar-refractivity contribution in [2.45, 2.75) is 53.1 Å². The van der Waals surface area contributed by atoms with E-state index in [2.05, 4.69) is 20.7 Å². The number of fused-ring (bicyclic) bond motifs is 1. The van der Waals surface area contributed by atoms with Gasteiger partial charge in [-0.25, -0.2) is 9.67 Å². The van der Waals surface area contributed by atoms with Gasteiger partial charge in [0, 0.05) is 18.0 Å². The number of nitrogens with zero attached hydrogens (tertiary/aromatic N) is 3. The van der Waals surface area contributed by atoms with Gasteiger partial charge in [0.1, 0.15) is 6.04 Å². The topological polar surface area (TPSA) is 88.9 Å². The molecule has 0 saturated heterocycles. The van der Waals surface area contributed by atoms with E-state index in [0.29, 0.717) is 17.8 Å². The number of amides is 2. The van der Waals surface area contributed by atoms with Gasteiger partial charge in [0.15, 0.2) is 5.65 Å². The van der Waals surface area contributed by atoms with Crippen LogP contribution in [0.15, 0.2) is 12.3 Å². The van der Waals surface area contributed by atoms with Crippen LogP contribution in [0.3, 0.4) is 0 Å². The predicted octanol–water partition coefficient (Wildman–Crippen LogP) is 1.97. The minimum atomic E-state index is -0.600. The average molecular weight is 331 g/mol. The summed E-state index contributed by atoms with van der Waals surface area (Å²) in [5.74, 6) is -0.497. The van der Waals surface area contributed by atoms with E-state index in [1.807, 2.05) is 25.5 Å². The molecule has 2 amide bonds. The molecule has 7 heteroatoms. The van der Waals surface area contributed by atoms with Crippen molar-refractivity contribution in [1.29, 1.82) is 0 Å². The molecule has 2 aromatic heterocycles. The first kappa shape index (κ1) is 17.9. The van der Waals surface area contributed by atoms with Gasteiger partial charge in [-0.05, 0) is 40.2 Å². The van der Waals surface area contributed by atoms with Crippen LogP contribution in [0.5, 0.6) is 0 Å². The standard InChI is InChI=1S/C17H25N5O2/c1-6-7-18-16(23)12(5)21-17(24)14-8-13-9-19-22(10(2)3)15(13)20-11(14)4/h8-10,12H,6-7H2,1-5H3,(H,18,23)(H,21,24)/t12-/m0/s1. The molecule has 0 spiro atoms. The number of hydrogen-bond donors (Lipinski definition) is 2. The highest BCUT2D eigenvalue weighted by Crippen LogP contribution is 2.19. The molecule has 24 heavy (non-hydrogen) atoms. The molecule has 0 saturated carbocycles. The van der Waals surface area contributed by atoms with E-state index in [0.717, 1.165) is 17.5 Å². The van der Waals surface area contributed by atoms with Crippen molar-refractivity contribution >= 4 is 22.8 Å². The molecule has 0 aliphatic rings. The number of carbonyl (C=O) groups excluding carboxylic acids is 2. The Morgan fingerprint density at radius 1 is 1.29 bits per heavy atom. The Balaban J connectivity index is 2.20. The lowest BCUT2D eigenvalue weighted by Gasteiger charge is -2.15. The van der Waals surface area contributed by atoms with Gasteiger partial charge >= 0.3 is 0 Å². The van der Waals surface area contributed by atoms with Crippen molar-refractivity contribution in [1.82, 2.24) is 25.4 Å². The second kappa shape index (κ2) is 7.42. The molecule has 0 aliphatic heterocycles. The SMILES string of the molecule is CCCNC(=O)[C@H](C)NC(=O)c1cc2cnn(C(C)C)c2nc1C. The smallest absolute Gasteiger partial charge is 0.253 e. The van der Waals surface area contributed by atoms with Crippen LogP contribution in [0.1, 0.15) is 56.2 Å². The zero-order chi connectivity index (χ0) is 17.9. The van der Waals surface area contributed by atoms with Crippen LogP contribution >= 0.6 is 0 Å². The summed E-state index contributed by atoms with van der Waals surface area (Å²) in [5.41, 5.74) is 1.83. The van der Waals surface area contributed by atoms with Gasteiger partial charge in [-0.3, -0.25) is 9.59 Å². The Kier molecular flexibility index (Phi) is 5.54. The summed E-state index contributed by atoms with van der Waals surface area (Å²) >= 11 is 0. The summed E-state index contributed by atoms with van der Waals surface area (Å²) in [6, 6.07) is 1.36. The average Bonchev–Trinajstić information content (AvgIpc) is 2.94. The number of rotatable bonds is 6. The fraction of sp³-hybridized carbons (Fsp3) is 0.529. The first-order valence-corrected chi connectivity index (χ1v) is 8.28. The summed E-state index contributed by atoms with van der Waals surface area (Å²) in [7, 11) is 0. The molecular formula is C17H25N5O2. The van der Waals surface area contributed by atoms with Crippen molar-refractivity contribution in [3.05, 3.63) is 23.5 Å². The van der Waals surface area contributed by atoms with Crippen LogP contribution < -0.4 is 10.6 Å². The zero-order valence-corrected chi connectivity index (χ0v) is 14.9. The van der Waals surface area contributed by atoms with Crippen molar-refractivity contribution in [2.24, 2.45) is 0 Å². The van der Waals surface area contributed by atoms with Crippen molar-refractivity contribution < 1.29 is 9.59 Å². The number of aryl methyl sites for hydroxylation is 1. The molecule has 130 valence electrons. The summed E-state index contributed by atoms with van der Waals surface area (Å²) < 4.78 is 1.82. The first-order valence-electron chi connectivity index (χ1n) is 8.28. The van der Waals surface area contributed by atoms with Crippen LogP contribution in [0.25, 0.3) is 11.0 Å². The fourth-order valence-electron chi connectivity index (χ4n) is 2.41. The van der Waals surface area contributed by atoms with E-state index < -0.39 is 6.04 Å². The van der Waals surface area contributed by atoms with E-state index in [1.165, 1.54) is 0 Å². The highest BCUT2D eigenvalue weighted by Gasteiger charge is 2.19. The van der Waals surface area contributed by atoms with E-state index in [-0.39, 0.29) is 17.9 Å². The van der Waals surface area contributed by atoms with Crippen molar-refractivity contribution in [2.75, 3.05) is 6.54 Å². The van der Waals surface area contributed by atoms with Gasteiger partial charge < -0.3 is 10.6 Å². The first-order chi connectivity index (χ1) is 11.3. The maximum absolute atomic E-state index is 12.5. The third kappa shape index (κ3) is 3.72. The van der Waals surface area contributed by atoms with Gasteiger partial charge in [-0.1, -0.05) is 6.92 Å². The van der Waals surface area contributed by atoms with Gasteiger partial charge in [-0.15, -0.1) is 0 Å². The molecule has 7 nitrogen and oxygen atoms in total. The number of aromatic nitrogens is 3. The van der Waals surface area contributed by atoms with E-state index in [9.17, 15) is 9.59 Å². The van der Waals surface area contributed by atoms with E-state index in [1.54, 1.807) is 26.1 Å². The van der Waals surface area contributed by atoms with Crippen LogP contribution in [-0.4, -0.2) is 39.2 Å². The molecule has 0 aliphatic carbocycles. The van der Waals surface area contributed by atoms with Crippen LogP contribution in [0.4, 0.5) is 0 Å². The van der Waals surface area contributed by atoms with Crippen LogP contribution in [0, 0.1) is 6.92 Å². The normalized spacial score (nSPS) is 12.4. The highest BCUT2D eigenvalue weighted by atomic mass is 16.2.